The van der Waals surface area contributed by atoms with Crippen molar-refractivity contribution in [3.8, 4) is 0 Å². The molecule has 0 bridgehead atoms. The highest BCUT2D eigenvalue weighted by Crippen LogP contribution is 2.30. The molecule has 1 amide bonds. The van der Waals surface area contributed by atoms with Crippen LogP contribution in [0.1, 0.15) is 12.8 Å². The van der Waals surface area contributed by atoms with E-state index in [9.17, 15) is 14.0 Å². The van der Waals surface area contributed by atoms with Crippen LogP contribution in [0.4, 0.5) is 10.1 Å². The molecule has 0 radical (unpaired) electrons. The standard InChI is InChI=1S/C19H26FN2O3P3/c1-12(26)6-14(25-2)9-15(27)7-13-8-18(23)22(10-13)16-4-3-5-21(19(16)24)11-17(20)28/h3-6,9,13,17H,1,7-8,10-11,26-28H2,2H3/b14-6+,15-9+/t13-,17?/m0/s1. The Morgan fingerprint density at radius 3 is 2.75 bits per heavy atom. The summed E-state index contributed by atoms with van der Waals surface area (Å²) in [6.45, 7) is 4.19. The van der Waals surface area contributed by atoms with Crippen LogP contribution in [0.25, 0.3) is 0 Å². The molecule has 1 aromatic heterocycles. The predicted octanol–water partition coefficient (Wildman–Crippen LogP) is 3.44. The van der Waals surface area contributed by atoms with Gasteiger partial charge in [0.05, 0.1) is 13.7 Å². The molecule has 0 spiro atoms. The summed E-state index contributed by atoms with van der Waals surface area (Å²) < 4.78 is 19.9. The van der Waals surface area contributed by atoms with Gasteiger partial charge in [0.25, 0.3) is 5.56 Å². The summed E-state index contributed by atoms with van der Waals surface area (Å²) in [4.78, 5) is 26.6. The van der Waals surface area contributed by atoms with Gasteiger partial charge in [-0.1, -0.05) is 15.8 Å². The van der Waals surface area contributed by atoms with Crippen molar-refractivity contribution in [2.75, 3.05) is 18.6 Å². The molecule has 2 rings (SSSR count). The Kier molecular flexibility index (Phi) is 8.56. The van der Waals surface area contributed by atoms with Crippen molar-refractivity contribution in [2.45, 2.75) is 25.3 Å². The number of carbonyl (C=O) groups is 1. The van der Waals surface area contributed by atoms with E-state index in [1.807, 2.05) is 15.3 Å². The lowest BCUT2D eigenvalue weighted by atomic mass is 10.0. The van der Waals surface area contributed by atoms with Gasteiger partial charge in [-0.3, -0.25) is 9.59 Å². The van der Waals surface area contributed by atoms with Gasteiger partial charge >= 0.3 is 0 Å². The number of nitrogens with zero attached hydrogens (tertiary/aromatic N) is 2. The van der Waals surface area contributed by atoms with Crippen LogP contribution in [0.5, 0.6) is 0 Å². The van der Waals surface area contributed by atoms with Gasteiger partial charge in [-0.15, -0.1) is 18.5 Å². The van der Waals surface area contributed by atoms with Crippen molar-refractivity contribution in [3.63, 3.8) is 0 Å². The minimum Gasteiger partial charge on any atom is -0.497 e. The maximum absolute atomic E-state index is 13.3. The average Bonchev–Trinajstić information content (AvgIpc) is 2.95. The fourth-order valence-corrected chi connectivity index (χ4v) is 4.02. The van der Waals surface area contributed by atoms with Crippen LogP contribution in [0.2, 0.25) is 0 Å². The summed E-state index contributed by atoms with van der Waals surface area (Å²) in [6.07, 6.45) is 6.26. The molecule has 0 aromatic carbocycles. The first kappa shape index (κ1) is 22.9. The molecule has 0 aliphatic carbocycles. The molecule has 5 atom stereocenters. The third-order valence-electron chi connectivity index (χ3n) is 4.28. The topological polar surface area (TPSA) is 51.5 Å². The van der Waals surface area contributed by atoms with E-state index in [1.54, 1.807) is 25.3 Å². The quantitative estimate of drug-likeness (QED) is 0.352. The Balaban J connectivity index is 2.14. The molecule has 5 nitrogen and oxygen atoms in total. The van der Waals surface area contributed by atoms with E-state index in [2.05, 4.69) is 25.1 Å². The van der Waals surface area contributed by atoms with Gasteiger partial charge in [-0.05, 0) is 47.3 Å². The fraction of sp³-hybridized carbons (Fsp3) is 0.368. The van der Waals surface area contributed by atoms with Crippen molar-refractivity contribution in [1.29, 1.82) is 0 Å². The lowest BCUT2D eigenvalue weighted by molar-refractivity contribution is -0.117. The summed E-state index contributed by atoms with van der Waals surface area (Å²) in [5, 5.41) is 1.79. The lowest BCUT2D eigenvalue weighted by Crippen LogP contribution is -2.33. The summed E-state index contributed by atoms with van der Waals surface area (Å²) >= 11 is 0. The molecule has 0 N–H and O–H groups in total. The number of anilines is 1. The molecule has 1 aromatic rings. The molecule has 1 aliphatic rings. The zero-order valence-electron chi connectivity index (χ0n) is 15.8. The maximum atomic E-state index is 13.3. The Morgan fingerprint density at radius 1 is 1.43 bits per heavy atom. The number of aromatic nitrogens is 1. The number of hydrogen-bond donors (Lipinski definition) is 0. The number of carbonyl (C=O) groups excluding carboxylic acids is 1. The number of pyridine rings is 1. The maximum Gasteiger partial charge on any atom is 0.274 e. The van der Waals surface area contributed by atoms with E-state index in [-0.39, 0.29) is 23.9 Å². The molecule has 1 aliphatic heterocycles. The predicted molar refractivity (Wildman–Crippen MR) is 122 cm³/mol. The largest absolute Gasteiger partial charge is 0.497 e. The highest BCUT2D eigenvalue weighted by atomic mass is 31.0. The molecule has 0 saturated carbocycles. The smallest absolute Gasteiger partial charge is 0.274 e. The lowest BCUT2D eigenvalue weighted by Gasteiger charge is -2.18. The summed E-state index contributed by atoms with van der Waals surface area (Å²) in [5.41, 5.74) is -0.0569. The zero-order valence-corrected chi connectivity index (χ0v) is 19.3. The van der Waals surface area contributed by atoms with Crippen molar-refractivity contribution in [2.24, 2.45) is 5.92 Å². The van der Waals surface area contributed by atoms with E-state index in [1.165, 1.54) is 15.7 Å². The number of allylic oxidation sites excluding steroid dienone is 4. The molecular formula is C19H26FN2O3P3. The normalized spacial score (nSPS) is 19.1. The first-order chi connectivity index (χ1) is 13.2. The minimum atomic E-state index is -1.22. The van der Waals surface area contributed by atoms with Crippen LogP contribution < -0.4 is 10.5 Å². The number of amides is 1. The fourth-order valence-electron chi connectivity index (χ4n) is 3.13. The molecule has 1 fully saturated rings. The SMILES string of the molecule is C=C(P)/C=C(\C=C(\P)C[C@H]1CC(=O)N(c2cccn(CC(F)P)c2=O)C1)OC. The highest BCUT2D eigenvalue weighted by molar-refractivity contribution is 7.23. The van der Waals surface area contributed by atoms with Crippen LogP contribution in [-0.4, -0.2) is 30.0 Å². The Morgan fingerprint density at radius 2 is 2.14 bits per heavy atom. The Bertz CT molecular complexity index is 864. The molecule has 1 saturated heterocycles. The van der Waals surface area contributed by atoms with E-state index >= 15 is 0 Å². The van der Waals surface area contributed by atoms with Crippen LogP contribution in [-0.2, 0) is 16.1 Å². The van der Waals surface area contributed by atoms with Crippen molar-refractivity contribution in [1.82, 2.24) is 4.57 Å². The number of ether oxygens (including phenoxy) is 1. The van der Waals surface area contributed by atoms with Gasteiger partial charge in [0.1, 0.15) is 17.4 Å². The number of methoxy groups -OCH3 is 1. The highest BCUT2D eigenvalue weighted by Gasteiger charge is 2.32. The number of alkyl halides is 1. The molecule has 4 unspecified atom stereocenters. The van der Waals surface area contributed by atoms with Gasteiger partial charge in [-0.25, -0.2) is 4.39 Å². The van der Waals surface area contributed by atoms with Crippen molar-refractivity contribution >= 4 is 39.3 Å². The third-order valence-corrected chi connectivity index (χ3v) is 5.06. The van der Waals surface area contributed by atoms with Crippen LogP contribution in [0, 0.1) is 5.92 Å². The van der Waals surface area contributed by atoms with E-state index < -0.39 is 5.91 Å². The molecule has 2 heterocycles. The van der Waals surface area contributed by atoms with Crippen molar-refractivity contribution < 1.29 is 13.9 Å². The minimum absolute atomic E-state index is 0.0611. The first-order valence-corrected chi connectivity index (χ1v) is 10.6. The van der Waals surface area contributed by atoms with Gasteiger partial charge in [0, 0.05) is 19.2 Å². The second kappa shape index (κ2) is 10.4. The van der Waals surface area contributed by atoms with E-state index in [0.717, 1.165) is 10.6 Å². The Labute approximate surface area is 171 Å². The molecule has 152 valence electrons. The van der Waals surface area contributed by atoms with Crippen molar-refractivity contribution in [3.05, 3.63) is 63.8 Å². The third kappa shape index (κ3) is 6.34. The van der Waals surface area contributed by atoms with E-state index in [4.69, 9.17) is 4.74 Å². The second-order valence-corrected chi connectivity index (χ2v) is 8.90. The van der Waals surface area contributed by atoms with Crippen LogP contribution >= 0.6 is 27.7 Å². The average molecular weight is 442 g/mol. The number of halogens is 1. The Hall–Kier alpha value is -1.34. The molecular weight excluding hydrogens is 416 g/mol. The molecule has 28 heavy (non-hydrogen) atoms. The van der Waals surface area contributed by atoms with E-state index in [0.29, 0.717) is 30.8 Å². The monoisotopic (exact) mass is 442 g/mol. The zero-order chi connectivity index (χ0) is 20.8. The summed E-state index contributed by atoms with van der Waals surface area (Å²) in [5.74, 6) is -0.561. The second-order valence-electron chi connectivity index (χ2n) is 6.69. The van der Waals surface area contributed by atoms with Gasteiger partial charge in [0.2, 0.25) is 5.91 Å². The van der Waals surface area contributed by atoms with Gasteiger partial charge in [0.15, 0.2) is 0 Å². The summed E-state index contributed by atoms with van der Waals surface area (Å²) in [6, 6.07) is 3.28. The first-order valence-electron chi connectivity index (χ1n) is 8.76. The number of rotatable bonds is 8. The van der Waals surface area contributed by atoms with Crippen LogP contribution in [0.3, 0.4) is 0 Å². The van der Waals surface area contributed by atoms with Gasteiger partial charge < -0.3 is 14.2 Å². The van der Waals surface area contributed by atoms with Crippen LogP contribution in [0.15, 0.2) is 58.2 Å². The van der Waals surface area contributed by atoms with Gasteiger partial charge in [-0.2, -0.15) is 0 Å². The summed E-state index contributed by atoms with van der Waals surface area (Å²) in [7, 11) is 8.79. The molecule has 9 heteroatoms. The number of hydrogen-bond acceptors (Lipinski definition) is 3.